The van der Waals surface area contributed by atoms with Gasteiger partial charge in [-0.2, -0.15) is 0 Å². The molecule has 0 unspecified atom stereocenters. The van der Waals surface area contributed by atoms with Crippen LogP contribution in [0.3, 0.4) is 0 Å². The first-order valence-electron chi connectivity index (χ1n) is 9.50. The second-order valence-electron chi connectivity index (χ2n) is 6.66. The zero-order chi connectivity index (χ0) is 18.9. The highest BCUT2D eigenvalue weighted by atomic mass is 16.5. The molecule has 1 heterocycles. The minimum Gasteiger partial charge on any atom is -0.493 e. The number of hydrogen-bond acceptors (Lipinski definition) is 3. The molecule has 0 saturated carbocycles. The van der Waals surface area contributed by atoms with Crippen LogP contribution in [-0.4, -0.2) is 54.4 Å². The second kappa shape index (κ2) is 9.76. The SMILES string of the molecule is O=C(CCOc1ccccc1)N1CCN(C(=O)CCc2ccccc2)CC1. The van der Waals surface area contributed by atoms with Crippen LogP contribution in [0.5, 0.6) is 5.75 Å². The van der Waals surface area contributed by atoms with Gasteiger partial charge in [0.2, 0.25) is 11.8 Å². The van der Waals surface area contributed by atoms with Gasteiger partial charge in [0.05, 0.1) is 13.0 Å². The van der Waals surface area contributed by atoms with E-state index in [1.165, 1.54) is 5.56 Å². The number of ether oxygens (including phenoxy) is 1. The lowest BCUT2D eigenvalue weighted by atomic mass is 10.1. The highest BCUT2D eigenvalue weighted by Crippen LogP contribution is 2.11. The van der Waals surface area contributed by atoms with E-state index in [1.54, 1.807) is 0 Å². The number of carbonyl (C=O) groups is 2. The number of aryl methyl sites for hydroxylation is 1. The molecule has 5 heteroatoms. The molecule has 0 N–H and O–H groups in total. The van der Waals surface area contributed by atoms with Crippen molar-refractivity contribution < 1.29 is 14.3 Å². The van der Waals surface area contributed by atoms with Crippen molar-refractivity contribution in [1.29, 1.82) is 0 Å². The van der Waals surface area contributed by atoms with Gasteiger partial charge in [0.25, 0.3) is 0 Å². The Balaban J connectivity index is 1.35. The van der Waals surface area contributed by atoms with Crippen molar-refractivity contribution in [2.45, 2.75) is 19.3 Å². The van der Waals surface area contributed by atoms with Crippen molar-refractivity contribution in [3.63, 3.8) is 0 Å². The molecule has 27 heavy (non-hydrogen) atoms. The third-order valence-corrected chi connectivity index (χ3v) is 4.78. The van der Waals surface area contributed by atoms with Gasteiger partial charge in [-0.15, -0.1) is 0 Å². The second-order valence-corrected chi connectivity index (χ2v) is 6.66. The molecule has 0 aliphatic carbocycles. The summed E-state index contributed by atoms with van der Waals surface area (Å²) in [5, 5.41) is 0. The Morgan fingerprint density at radius 2 is 1.26 bits per heavy atom. The van der Waals surface area contributed by atoms with Gasteiger partial charge in [-0.25, -0.2) is 0 Å². The predicted molar refractivity (Wildman–Crippen MR) is 104 cm³/mol. The Bertz CT molecular complexity index is 726. The molecule has 142 valence electrons. The Hall–Kier alpha value is -2.82. The van der Waals surface area contributed by atoms with Crippen molar-refractivity contribution in [3.8, 4) is 5.75 Å². The summed E-state index contributed by atoms with van der Waals surface area (Å²) in [7, 11) is 0. The first-order valence-corrected chi connectivity index (χ1v) is 9.50. The molecule has 0 atom stereocenters. The fourth-order valence-corrected chi connectivity index (χ4v) is 3.19. The summed E-state index contributed by atoms with van der Waals surface area (Å²) in [6.45, 7) is 2.79. The van der Waals surface area contributed by atoms with Crippen LogP contribution in [0, 0.1) is 0 Å². The number of para-hydroxylation sites is 1. The molecular weight excluding hydrogens is 340 g/mol. The summed E-state index contributed by atoms with van der Waals surface area (Å²) in [5.74, 6) is 1.03. The third-order valence-electron chi connectivity index (χ3n) is 4.78. The Kier molecular flexibility index (Phi) is 6.85. The molecular formula is C22H26N2O3. The third kappa shape index (κ3) is 5.84. The van der Waals surface area contributed by atoms with Crippen LogP contribution in [0.1, 0.15) is 18.4 Å². The van der Waals surface area contributed by atoms with Gasteiger partial charge in [-0.3, -0.25) is 9.59 Å². The lowest BCUT2D eigenvalue weighted by Crippen LogP contribution is -2.50. The fourth-order valence-electron chi connectivity index (χ4n) is 3.19. The molecule has 1 aliphatic heterocycles. The van der Waals surface area contributed by atoms with E-state index in [-0.39, 0.29) is 11.8 Å². The molecule has 2 aromatic carbocycles. The van der Waals surface area contributed by atoms with Gasteiger partial charge in [0.1, 0.15) is 5.75 Å². The molecule has 1 aliphatic rings. The van der Waals surface area contributed by atoms with Crippen molar-refractivity contribution >= 4 is 11.8 Å². The van der Waals surface area contributed by atoms with E-state index in [0.717, 1.165) is 12.2 Å². The zero-order valence-electron chi connectivity index (χ0n) is 15.5. The Labute approximate surface area is 160 Å². The number of nitrogens with zero attached hydrogens (tertiary/aromatic N) is 2. The largest absolute Gasteiger partial charge is 0.493 e. The summed E-state index contributed by atoms with van der Waals surface area (Å²) < 4.78 is 5.59. The molecule has 5 nitrogen and oxygen atoms in total. The Morgan fingerprint density at radius 1 is 0.741 bits per heavy atom. The van der Waals surface area contributed by atoms with Gasteiger partial charge in [-0.05, 0) is 24.1 Å². The van der Waals surface area contributed by atoms with Crippen LogP contribution in [-0.2, 0) is 16.0 Å². The zero-order valence-corrected chi connectivity index (χ0v) is 15.5. The number of rotatable bonds is 7. The van der Waals surface area contributed by atoms with E-state index in [4.69, 9.17) is 4.74 Å². The molecule has 0 aromatic heterocycles. The van der Waals surface area contributed by atoms with Gasteiger partial charge >= 0.3 is 0 Å². The maximum absolute atomic E-state index is 12.4. The topological polar surface area (TPSA) is 49.9 Å². The number of amides is 2. The van der Waals surface area contributed by atoms with Crippen LogP contribution in [0.4, 0.5) is 0 Å². The molecule has 0 radical (unpaired) electrons. The summed E-state index contributed by atoms with van der Waals surface area (Å²) in [5.41, 5.74) is 1.18. The molecule has 3 rings (SSSR count). The minimum absolute atomic E-state index is 0.0855. The smallest absolute Gasteiger partial charge is 0.226 e. The van der Waals surface area contributed by atoms with E-state index in [9.17, 15) is 9.59 Å². The predicted octanol–water partition coefficient (Wildman–Crippen LogP) is 2.76. The normalized spacial score (nSPS) is 14.1. The van der Waals surface area contributed by atoms with E-state index in [2.05, 4.69) is 0 Å². The van der Waals surface area contributed by atoms with Gasteiger partial charge in [0.15, 0.2) is 0 Å². The van der Waals surface area contributed by atoms with Crippen molar-refractivity contribution in [2.24, 2.45) is 0 Å². The lowest BCUT2D eigenvalue weighted by molar-refractivity contribution is -0.139. The molecule has 1 fully saturated rings. The first-order chi connectivity index (χ1) is 13.2. The molecule has 2 amide bonds. The van der Waals surface area contributed by atoms with Crippen molar-refractivity contribution in [1.82, 2.24) is 9.80 Å². The van der Waals surface area contributed by atoms with Crippen LogP contribution >= 0.6 is 0 Å². The number of piperazine rings is 1. The number of carbonyl (C=O) groups excluding carboxylic acids is 2. The van der Waals surface area contributed by atoms with Crippen molar-refractivity contribution in [3.05, 3.63) is 66.2 Å². The molecule has 0 spiro atoms. The monoisotopic (exact) mass is 366 g/mol. The molecule has 1 saturated heterocycles. The number of hydrogen-bond donors (Lipinski definition) is 0. The van der Waals surface area contributed by atoms with Crippen molar-refractivity contribution in [2.75, 3.05) is 32.8 Å². The molecule has 2 aromatic rings. The van der Waals surface area contributed by atoms with Gasteiger partial charge in [0, 0.05) is 32.6 Å². The van der Waals surface area contributed by atoms with E-state index in [0.29, 0.717) is 45.6 Å². The minimum atomic E-state index is 0.0855. The fraction of sp³-hybridized carbons (Fsp3) is 0.364. The number of benzene rings is 2. The van der Waals surface area contributed by atoms with Gasteiger partial charge < -0.3 is 14.5 Å². The Morgan fingerprint density at radius 3 is 1.85 bits per heavy atom. The summed E-state index contributed by atoms with van der Waals surface area (Å²) >= 11 is 0. The lowest BCUT2D eigenvalue weighted by Gasteiger charge is -2.35. The maximum atomic E-state index is 12.4. The van der Waals surface area contributed by atoms with Crippen LogP contribution in [0.2, 0.25) is 0 Å². The molecule has 0 bridgehead atoms. The highest BCUT2D eigenvalue weighted by Gasteiger charge is 2.23. The standard InChI is InChI=1S/C22H26N2O3/c25-21(12-11-19-7-3-1-4-8-19)23-14-16-24(17-15-23)22(26)13-18-27-20-9-5-2-6-10-20/h1-10H,11-18H2. The van der Waals surface area contributed by atoms with E-state index < -0.39 is 0 Å². The highest BCUT2D eigenvalue weighted by molar-refractivity contribution is 5.78. The van der Waals surface area contributed by atoms with E-state index >= 15 is 0 Å². The van der Waals surface area contributed by atoms with Gasteiger partial charge in [-0.1, -0.05) is 48.5 Å². The van der Waals surface area contributed by atoms with E-state index in [1.807, 2.05) is 70.5 Å². The summed E-state index contributed by atoms with van der Waals surface area (Å²) in [6.07, 6.45) is 1.63. The average Bonchev–Trinajstić information content (AvgIpc) is 2.73. The quantitative estimate of drug-likeness (QED) is 0.757. The first kappa shape index (κ1) is 19.0. The van der Waals surface area contributed by atoms with Crippen LogP contribution < -0.4 is 4.74 Å². The summed E-state index contributed by atoms with van der Waals surface area (Å²) in [4.78, 5) is 28.4. The summed E-state index contributed by atoms with van der Waals surface area (Å²) in [6, 6.07) is 19.6. The maximum Gasteiger partial charge on any atom is 0.226 e. The average molecular weight is 366 g/mol. The van der Waals surface area contributed by atoms with Crippen LogP contribution in [0.15, 0.2) is 60.7 Å². The van der Waals surface area contributed by atoms with Crippen LogP contribution in [0.25, 0.3) is 0 Å².